The SMILES string of the molecule is c1ccc(-c2ccc(N(c3ccc(-c4ccccc4)cc3)c3ccc(-c4ccc(-c5ccc(-c6ccc7c(c6)c6ccccc6n7-c6ccccc6)cc5)cc4)cc3)cc2)cc1.c1ccc(-c2ccc(N(c3ccc(-c4ccccc4)cc3)c3ccc(-c4ccc(-c5ccc6c(c5)c5ccccc5n6-c5ccccc5)cc4)cc3)cc2)cc1. The van der Waals surface area contributed by atoms with Crippen LogP contribution in [0.1, 0.15) is 0 Å². The number of para-hydroxylation sites is 4. The van der Waals surface area contributed by atoms with Crippen molar-refractivity contribution in [2.45, 2.75) is 0 Å². The third-order valence-electron chi connectivity index (χ3n) is 22.9. The second-order valence-corrected chi connectivity index (χ2v) is 30.0. The second kappa shape index (κ2) is 32.1. The first kappa shape index (κ1) is 71.4. The molecule has 0 unspecified atom stereocenters. The first-order valence-electron chi connectivity index (χ1n) is 40.4. The van der Waals surface area contributed by atoms with Gasteiger partial charge in [0.25, 0.3) is 0 Å². The van der Waals surface area contributed by atoms with E-state index in [9.17, 15) is 0 Å². The number of hydrogen-bond acceptors (Lipinski definition) is 2. The minimum atomic E-state index is 1.10. The molecule has 0 saturated heterocycles. The van der Waals surface area contributed by atoms with Crippen LogP contribution in [0.3, 0.4) is 0 Å². The van der Waals surface area contributed by atoms with Gasteiger partial charge in [0.2, 0.25) is 0 Å². The highest BCUT2D eigenvalue weighted by Gasteiger charge is 2.20. The van der Waals surface area contributed by atoms with Crippen molar-refractivity contribution in [2.75, 3.05) is 9.80 Å². The van der Waals surface area contributed by atoms with Crippen LogP contribution in [0.5, 0.6) is 0 Å². The third-order valence-corrected chi connectivity index (χ3v) is 22.9. The van der Waals surface area contributed by atoms with E-state index in [2.05, 4.69) is 504 Å². The van der Waals surface area contributed by atoms with Crippen molar-refractivity contribution in [1.29, 1.82) is 0 Å². The number of benzene rings is 19. The Kier molecular flexibility index (Phi) is 19.4. The van der Waals surface area contributed by atoms with Crippen molar-refractivity contribution in [3.63, 3.8) is 0 Å². The Hall–Kier alpha value is -15.6. The lowest BCUT2D eigenvalue weighted by Crippen LogP contribution is -2.09. The number of nitrogens with zero attached hydrogens (tertiary/aromatic N) is 4. The summed E-state index contributed by atoms with van der Waals surface area (Å²) in [5, 5.41) is 5.05. The predicted octanol–water partition coefficient (Wildman–Crippen LogP) is 31.5. The normalized spacial score (nSPS) is 11.2. The van der Waals surface area contributed by atoms with Gasteiger partial charge >= 0.3 is 0 Å². The maximum atomic E-state index is 2.36. The molecule has 4 nitrogen and oxygen atoms in total. The molecule has 0 aliphatic rings. The Labute approximate surface area is 688 Å². The van der Waals surface area contributed by atoms with E-state index in [0.717, 1.165) is 34.1 Å². The highest BCUT2D eigenvalue weighted by Crippen LogP contribution is 2.43. The molecule has 118 heavy (non-hydrogen) atoms. The Morgan fingerprint density at radius 3 is 0.508 bits per heavy atom. The fraction of sp³-hybridized carbons (Fsp3) is 0. The maximum absolute atomic E-state index is 2.36. The van der Waals surface area contributed by atoms with E-state index in [1.807, 2.05) is 0 Å². The average molecular weight is 1510 g/mol. The molecule has 19 aromatic carbocycles. The molecule has 0 fully saturated rings. The van der Waals surface area contributed by atoms with E-state index in [1.54, 1.807) is 0 Å². The molecule has 0 N–H and O–H groups in total. The zero-order chi connectivity index (χ0) is 78.5. The van der Waals surface area contributed by atoms with Gasteiger partial charge in [0, 0.05) is 67.0 Å². The molecule has 0 bridgehead atoms. The molecular weight excluding hydrogens is 1430 g/mol. The van der Waals surface area contributed by atoms with Gasteiger partial charge in [-0.1, -0.05) is 352 Å². The Morgan fingerprint density at radius 2 is 0.280 bits per heavy atom. The lowest BCUT2D eigenvalue weighted by molar-refractivity contribution is 1.18. The zero-order valence-corrected chi connectivity index (χ0v) is 65.0. The number of aromatic nitrogens is 2. The molecule has 0 radical (unpaired) electrons. The average Bonchev–Trinajstić information content (AvgIpc) is 1.59. The summed E-state index contributed by atoms with van der Waals surface area (Å²) < 4.78 is 4.73. The van der Waals surface area contributed by atoms with Gasteiger partial charge in [-0.25, -0.2) is 0 Å². The number of anilines is 6. The first-order chi connectivity index (χ1) is 58.5. The molecule has 0 spiro atoms. The Bertz CT molecular complexity index is 6850. The summed E-state index contributed by atoms with van der Waals surface area (Å²) in [4.78, 5) is 4.67. The Morgan fingerprint density at radius 1 is 0.119 bits per heavy atom. The number of rotatable bonds is 17. The van der Waals surface area contributed by atoms with Crippen LogP contribution in [0, 0.1) is 0 Å². The largest absolute Gasteiger partial charge is 0.311 e. The minimum Gasteiger partial charge on any atom is -0.311 e. The summed E-state index contributed by atoms with van der Waals surface area (Å²) in [5.41, 5.74) is 35.5. The van der Waals surface area contributed by atoms with E-state index >= 15 is 0 Å². The number of fused-ring (bicyclic) bond motifs is 6. The zero-order valence-electron chi connectivity index (χ0n) is 65.0. The van der Waals surface area contributed by atoms with Crippen LogP contribution in [0.4, 0.5) is 34.1 Å². The van der Waals surface area contributed by atoms with E-state index in [-0.39, 0.29) is 0 Å². The summed E-state index contributed by atoms with van der Waals surface area (Å²) in [6, 6.07) is 175. The van der Waals surface area contributed by atoms with E-state index < -0.39 is 0 Å². The molecule has 2 heterocycles. The van der Waals surface area contributed by atoms with Gasteiger partial charge in [-0.3, -0.25) is 0 Å². The molecule has 556 valence electrons. The summed E-state index contributed by atoms with van der Waals surface area (Å²) >= 11 is 0. The molecule has 4 heteroatoms. The van der Waals surface area contributed by atoms with Crippen LogP contribution in [-0.4, -0.2) is 9.13 Å². The van der Waals surface area contributed by atoms with Crippen LogP contribution >= 0.6 is 0 Å². The standard InChI is InChI=1S/C60H42N2.C54H38N2/c1-4-12-43(13-5-1)48-28-35-54(36-29-48)61(55-37-30-49(31-38-55)44-14-6-2-7-15-44)56-39-32-50(33-40-56)47-22-20-45(21-23-47)46-24-26-51(27-25-46)52-34-41-60-58(42-52)57-18-10-11-19-59(57)62(60)53-16-8-3-9-17-53;1-4-12-39(13-5-1)42-24-31-48(32-25-42)55(49-33-26-43(27-34-49)40-14-6-2-7-15-40)50-35-28-44(29-36-50)41-20-22-45(23-21-41)46-30-37-54-52(38-46)51-18-10-11-19-53(51)56(54)47-16-8-3-9-17-47/h1-42H;1-38H. The fourth-order valence-corrected chi connectivity index (χ4v) is 16.8. The summed E-state index contributed by atoms with van der Waals surface area (Å²) in [6.45, 7) is 0. The molecule has 21 rings (SSSR count). The quantitative estimate of drug-likeness (QED) is 0.0903. The fourth-order valence-electron chi connectivity index (χ4n) is 16.8. The van der Waals surface area contributed by atoms with E-state index in [0.29, 0.717) is 0 Å². The van der Waals surface area contributed by atoms with Gasteiger partial charge in [0.15, 0.2) is 0 Å². The smallest absolute Gasteiger partial charge is 0.0541 e. The van der Waals surface area contributed by atoms with Gasteiger partial charge in [0.05, 0.1) is 22.1 Å². The lowest BCUT2D eigenvalue weighted by Gasteiger charge is -2.26. The van der Waals surface area contributed by atoms with Crippen molar-refractivity contribution in [3.05, 3.63) is 485 Å². The van der Waals surface area contributed by atoms with E-state index in [4.69, 9.17) is 0 Å². The van der Waals surface area contributed by atoms with Gasteiger partial charge in [0.1, 0.15) is 0 Å². The summed E-state index contributed by atoms with van der Waals surface area (Å²) in [5.74, 6) is 0. The van der Waals surface area contributed by atoms with Crippen LogP contribution < -0.4 is 9.80 Å². The molecular formula is C114H80N4. The first-order valence-corrected chi connectivity index (χ1v) is 40.4. The van der Waals surface area contributed by atoms with Gasteiger partial charge in [-0.15, -0.1) is 0 Å². The van der Waals surface area contributed by atoms with Crippen molar-refractivity contribution >= 4 is 77.7 Å². The lowest BCUT2D eigenvalue weighted by atomic mass is 9.97. The highest BCUT2D eigenvalue weighted by atomic mass is 15.1. The summed E-state index contributed by atoms with van der Waals surface area (Å²) in [7, 11) is 0. The van der Waals surface area contributed by atoms with E-state index in [1.165, 1.54) is 155 Å². The Balaban J connectivity index is 0.000000152. The van der Waals surface area contributed by atoms with Crippen LogP contribution in [0.15, 0.2) is 485 Å². The monoisotopic (exact) mass is 1500 g/mol. The molecule has 0 aliphatic heterocycles. The highest BCUT2D eigenvalue weighted by molar-refractivity contribution is 6.12. The van der Waals surface area contributed by atoms with Crippen molar-refractivity contribution in [2.24, 2.45) is 0 Å². The van der Waals surface area contributed by atoms with Gasteiger partial charge in [-0.2, -0.15) is 0 Å². The molecule has 0 saturated carbocycles. The molecule has 21 aromatic rings. The molecule has 0 atom stereocenters. The number of hydrogen-bond donors (Lipinski definition) is 0. The van der Waals surface area contributed by atoms with Gasteiger partial charge in [-0.05, 0) is 234 Å². The van der Waals surface area contributed by atoms with Crippen LogP contribution in [0.2, 0.25) is 0 Å². The molecule has 2 aromatic heterocycles. The van der Waals surface area contributed by atoms with Crippen LogP contribution in [0.25, 0.3) is 155 Å². The van der Waals surface area contributed by atoms with Gasteiger partial charge < -0.3 is 18.9 Å². The van der Waals surface area contributed by atoms with Crippen LogP contribution in [-0.2, 0) is 0 Å². The third kappa shape index (κ3) is 14.4. The maximum Gasteiger partial charge on any atom is 0.0541 e. The predicted molar refractivity (Wildman–Crippen MR) is 500 cm³/mol. The topological polar surface area (TPSA) is 16.3 Å². The molecule has 0 aliphatic carbocycles. The second-order valence-electron chi connectivity index (χ2n) is 30.0. The van der Waals surface area contributed by atoms with Crippen molar-refractivity contribution < 1.29 is 0 Å². The molecule has 0 amide bonds. The minimum absolute atomic E-state index is 1.10. The van der Waals surface area contributed by atoms with Crippen molar-refractivity contribution in [3.8, 4) is 112 Å². The summed E-state index contributed by atoms with van der Waals surface area (Å²) in [6.07, 6.45) is 0. The van der Waals surface area contributed by atoms with Crippen molar-refractivity contribution in [1.82, 2.24) is 9.13 Å².